The minimum absolute atomic E-state index is 0.303. The molecule has 0 fully saturated rings. The van der Waals surface area contributed by atoms with Crippen LogP contribution < -0.4 is 16.8 Å². The van der Waals surface area contributed by atoms with Gasteiger partial charge in [0.15, 0.2) is 5.96 Å². The minimum atomic E-state index is -1.99. The van der Waals surface area contributed by atoms with Gasteiger partial charge in [-0.25, -0.2) is 0 Å². The van der Waals surface area contributed by atoms with Crippen molar-refractivity contribution < 1.29 is 14.6 Å². The largest absolute Gasteiger partial charge is 0.418 e. The van der Waals surface area contributed by atoms with E-state index < -0.39 is 11.9 Å². The fraction of sp³-hybridized carbons (Fsp3) is 0.600. The summed E-state index contributed by atoms with van der Waals surface area (Å²) in [5, 5.41) is 17.6. The smallest absolute Gasteiger partial charge is 0.328 e. The molecule has 0 amide bonds. The van der Waals surface area contributed by atoms with Crippen LogP contribution in [0.4, 0.5) is 0 Å². The Kier molecular flexibility index (Phi) is 3.45. The Morgan fingerprint density at radius 1 is 1.83 bits per heavy atom. The second-order valence-electron chi connectivity index (χ2n) is 2.30. The van der Waals surface area contributed by atoms with Gasteiger partial charge in [0.1, 0.15) is 6.54 Å². The first kappa shape index (κ1) is 10.7. The van der Waals surface area contributed by atoms with Crippen LogP contribution in [0, 0.1) is 5.41 Å². The number of esters is 1. The van der Waals surface area contributed by atoms with Crippen LogP contribution in [-0.4, -0.2) is 29.5 Å². The molecular weight excluding hydrogens is 164 g/mol. The molecule has 0 aliphatic heterocycles. The second kappa shape index (κ2) is 3.88. The fourth-order valence-corrected chi connectivity index (χ4v) is 0.434. The van der Waals surface area contributed by atoms with Crippen LogP contribution in [0.2, 0.25) is 0 Å². The highest BCUT2D eigenvalue weighted by molar-refractivity contribution is 5.81. The van der Waals surface area contributed by atoms with E-state index in [0.29, 0.717) is 0 Å². The zero-order valence-corrected chi connectivity index (χ0v) is 6.63. The van der Waals surface area contributed by atoms with E-state index in [1.165, 1.54) is 0 Å². The third-order valence-electron chi connectivity index (χ3n) is 0.744. The van der Waals surface area contributed by atoms with Gasteiger partial charge in [0.05, 0.1) is 0 Å². The number of nitrogens with one attached hydrogen (secondary N) is 2. The Balaban J connectivity index is 3.68. The molecule has 0 aromatic rings. The van der Waals surface area contributed by atoms with Crippen LogP contribution in [0.1, 0.15) is 6.92 Å². The number of aliphatic hydroxyl groups is 1. The van der Waals surface area contributed by atoms with E-state index in [1.54, 1.807) is 0 Å². The average molecular weight is 176 g/mol. The summed E-state index contributed by atoms with van der Waals surface area (Å²) in [6, 6.07) is 0. The van der Waals surface area contributed by atoms with Crippen LogP contribution in [-0.2, 0) is 9.53 Å². The molecule has 7 heteroatoms. The summed E-state index contributed by atoms with van der Waals surface area (Å²) in [4.78, 5) is 10.7. The van der Waals surface area contributed by atoms with Crippen molar-refractivity contribution in [2.24, 2.45) is 11.5 Å². The van der Waals surface area contributed by atoms with Gasteiger partial charge in [-0.05, 0) is 0 Å². The summed E-state index contributed by atoms with van der Waals surface area (Å²) in [5.41, 5.74) is 9.82. The van der Waals surface area contributed by atoms with Crippen LogP contribution in [0.5, 0.6) is 0 Å². The molecule has 0 rings (SSSR count). The van der Waals surface area contributed by atoms with Gasteiger partial charge in [-0.1, -0.05) is 0 Å². The maximum absolute atomic E-state index is 10.7. The van der Waals surface area contributed by atoms with Crippen LogP contribution in [0.25, 0.3) is 0 Å². The second-order valence-corrected chi connectivity index (χ2v) is 2.30. The van der Waals surface area contributed by atoms with Crippen molar-refractivity contribution in [3.63, 3.8) is 0 Å². The maximum Gasteiger partial charge on any atom is 0.328 e. The van der Waals surface area contributed by atoms with E-state index in [1.807, 2.05) is 0 Å². The van der Waals surface area contributed by atoms with Gasteiger partial charge >= 0.3 is 5.97 Å². The van der Waals surface area contributed by atoms with Crippen molar-refractivity contribution in [1.29, 1.82) is 5.41 Å². The van der Waals surface area contributed by atoms with Crippen LogP contribution in [0.15, 0.2) is 0 Å². The molecule has 0 heterocycles. The first-order valence-corrected chi connectivity index (χ1v) is 3.12. The number of guanidine groups is 1. The quantitative estimate of drug-likeness (QED) is 0.141. The predicted octanol–water partition coefficient (Wildman–Crippen LogP) is -2.36. The number of carbonyl (C=O) groups is 1. The Morgan fingerprint density at radius 2 is 2.33 bits per heavy atom. The summed E-state index contributed by atoms with van der Waals surface area (Å²) in [6.07, 6.45) is 0. The molecular formula is C5H12N4O3. The van der Waals surface area contributed by atoms with Crippen molar-refractivity contribution in [3.05, 3.63) is 0 Å². The Bertz CT molecular complexity index is 186. The molecule has 0 saturated carbocycles. The number of hydrogen-bond donors (Lipinski definition) is 5. The molecule has 0 aliphatic carbocycles. The Morgan fingerprint density at radius 3 is 2.67 bits per heavy atom. The number of hydrogen-bond acceptors (Lipinski definition) is 5. The SMILES string of the molecule is CC(N)(O)OC(=O)CNC(=N)N. The highest BCUT2D eigenvalue weighted by atomic mass is 16.7. The van der Waals surface area contributed by atoms with E-state index in [9.17, 15) is 4.79 Å². The molecule has 12 heavy (non-hydrogen) atoms. The van der Waals surface area contributed by atoms with E-state index in [0.717, 1.165) is 6.92 Å². The first-order chi connectivity index (χ1) is 5.31. The molecule has 0 radical (unpaired) electrons. The first-order valence-electron chi connectivity index (χ1n) is 3.12. The van der Waals surface area contributed by atoms with Crippen molar-refractivity contribution >= 4 is 11.9 Å². The molecule has 7 N–H and O–H groups in total. The van der Waals surface area contributed by atoms with Gasteiger partial charge in [0, 0.05) is 6.92 Å². The predicted molar refractivity (Wildman–Crippen MR) is 40.8 cm³/mol. The van der Waals surface area contributed by atoms with Gasteiger partial charge < -0.3 is 20.9 Å². The average Bonchev–Trinajstić information content (AvgIpc) is 1.79. The standard InChI is InChI=1S/C5H12N4O3/c1-5(8,11)12-3(10)2-9-4(6)7/h11H,2,8H2,1H3,(H4,6,7,9). The van der Waals surface area contributed by atoms with Gasteiger partial charge in [-0.3, -0.25) is 15.9 Å². The lowest BCUT2D eigenvalue weighted by Gasteiger charge is -2.17. The topological polar surface area (TPSA) is 134 Å². The summed E-state index contributed by atoms with van der Waals surface area (Å²) < 4.78 is 4.27. The maximum atomic E-state index is 10.7. The summed E-state index contributed by atoms with van der Waals surface area (Å²) in [5.74, 6) is -3.14. The summed E-state index contributed by atoms with van der Waals surface area (Å²) in [6.45, 7) is 0.807. The van der Waals surface area contributed by atoms with E-state index in [-0.39, 0.29) is 12.5 Å². The molecule has 1 unspecified atom stereocenters. The zero-order valence-electron chi connectivity index (χ0n) is 6.63. The normalized spacial score (nSPS) is 14.6. The Hall–Kier alpha value is -1.34. The lowest BCUT2D eigenvalue weighted by Crippen LogP contribution is -2.44. The molecule has 1 atom stereocenters. The third kappa shape index (κ3) is 6.78. The lowest BCUT2D eigenvalue weighted by atomic mass is 10.5. The molecule has 0 saturated heterocycles. The number of rotatable bonds is 3. The van der Waals surface area contributed by atoms with E-state index in [2.05, 4.69) is 10.1 Å². The van der Waals surface area contributed by atoms with Crippen LogP contribution >= 0.6 is 0 Å². The number of nitrogens with two attached hydrogens (primary N) is 2. The monoisotopic (exact) mass is 176 g/mol. The molecule has 0 bridgehead atoms. The number of ether oxygens (including phenoxy) is 1. The Labute approximate surface area is 69.2 Å². The highest BCUT2D eigenvalue weighted by Crippen LogP contribution is 1.94. The third-order valence-corrected chi connectivity index (χ3v) is 0.744. The number of carbonyl (C=O) groups excluding carboxylic acids is 1. The summed E-state index contributed by atoms with van der Waals surface area (Å²) in [7, 11) is 0. The zero-order chi connectivity index (χ0) is 9.78. The lowest BCUT2D eigenvalue weighted by molar-refractivity contribution is -0.198. The van der Waals surface area contributed by atoms with Crippen molar-refractivity contribution in [3.8, 4) is 0 Å². The van der Waals surface area contributed by atoms with Crippen molar-refractivity contribution in [1.82, 2.24) is 5.32 Å². The van der Waals surface area contributed by atoms with Crippen molar-refractivity contribution in [2.45, 2.75) is 12.8 Å². The minimum Gasteiger partial charge on any atom is -0.418 e. The van der Waals surface area contributed by atoms with Gasteiger partial charge in [0.25, 0.3) is 5.91 Å². The van der Waals surface area contributed by atoms with E-state index >= 15 is 0 Å². The molecule has 0 spiro atoms. The van der Waals surface area contributed by atoms with Gasteiger partial charge in [0.2, 0.25) is 0 Å². The van der Waals surface area contributed by atoms with Gasteiger partial charge in [-0.15, -0.1) is 0 Å². The van der Waals surface area contributed by atoms with Crippen molar-refractivity contribution in [2.75, 3.05) is 6.54 Å². The molecule has 0 aliphatic rings. The fourth-order valence-electron chi connectivity index (χ4n) is 0.434. The van der Waals surface area contributed by atoms with Crippen LogP contribution in [0.3, 0.4) is 0 Å². The summed E-state index contributed by atoms with van der Waals surface area (Å²) >= 11 is 0. The molecule has 0 aromatic heterocycles. The molecule has 0 aromatic carbocycles. The highest BCUT2D eigenvalue weighted by Gasteiger charge is 2.18. The van der Waals surface area contributed by atoms with E-state index in [4.69, 9.17) is 22.0 Å². The molecule has 7 nitrogen and oxygen atoms in total. The molecule has 70 valence electrons. The van der Waals surface area contributed by atoms with Gasteiger partial charge in [-0.2, -0.15) is 0 Å².